The molecule has 0 fully saturated rings. The minimum Gasteiger partial charge on any atom is -0.389 e. The van der Waals surface area contributed by atoms with Crippen LogP contribution in [0.25, 0.3) is 0 Å². The number of aryl methyl sites for hydroxylation is 1. The lowest BCUT2D eigenvalue weighted by Crippen LogP contribution is -2.12. The van der Waals surface area contributed by atoms with Crippen molar-refractivity contribution >= 4 is 51.7 Å². The Labute approximate surface area is 125 Å². The van der Waals surface area contributed by atoms with Gasteiger partial charge in [-0.1, -0.05) is 23.8 Å². The summed E-state index contributed by atoms with van der Waals surface area (Å²) in [5.74, 6) is -0.217. The number of benzene rings is 1. The van der Waals surface area contributed by atoms with Crippen LogP contribution in [0.3, 0.4) is 0 Å². The zero-order valence-corrected chi connectivity index (χ0v) is 12.5. The second-order valence-electron chi connectivity index (χ2n) is 3.96. The van der Waals surface area contributed by atoms with E-state index in [2.05, 4.69) is 5.32 Å². The first-order chi connectivity index (χ1) is 8.99. The van der Waals surface area contributed by atoms with Crippen molar-refractivity contribution in [2.75, 3.05) is 5.32 Å². The Morgan fingerprint density at radius 2 is 2.00 bits per heavy atom. The van der Waals surface area contributed by atoms with Gasteiger partial charge in [-0.15, -0.1) is 11.3 Å². The van der Waals surface area contributed by atoms with Gasteiger partial charge in [0.1, 0.15) is 9.87 Å². The largest absolute Gasteiger partial charge is 0.389 e. The quantitative estimate of drug-likeness (QED) is 0.852. The molecule has 1 amide bonds. The Morgan fingerprint density at radius 1 is 1.37 bits per heavy atom. The molecule has 0 spiro atoms. The van der Waals surface area contributed by atoms with E-state index in [1.54, 1.807) is 24.3 Å². The first-order valence-electron chi connectivity index (χ1n) is 5.44. The molecule has 0 aliphatic heterocycles. The van der Waals surface area contributed by atoms with E-state index in [1.165, 1.54) is 11.3 Å². The molecule has 0 saturated heterocycles. The van der Waals surface area contributed by atoms with Crippen molar-refractivity contribution in [3.63, 3.8) is 0 Å². The fourth-order valence-electron chi connectivity index (χ4n) is 1.49. The number of amides is 1. The fraction of sp³-hybridized carbons (Fsp3) is 0.0769. The van der Waals surface area contributed by atoms with Gasteiger partial charge in [0.2, 0.25) is 0 Å². The van der Waals surface area contributed by atoms with Gasteiger partial charge in [-0.2, -0.15) is 0 Å². The van der Waals surface area contributed by atoms with Crippen molar-refractivity contribution in [2.24, 2.45) is 5.73 Å². The van der Waals surface area contributed by atoms with Gasteiger partial charge in [0.25, 0.3) is 5.91 Å². The van der Waals surface area contributed by atoms with Crippen LogP contribution in [0.1, 0.15) is 20.8 Å². The predicted octanol–water partition coefficient (Wildman–Crippen LogP) is 3.60. The molecule has 2 aromatic rings. The Hall–Kier alpha value is -1.43. The zero-order valence-electron chi connectivity index (χ0n) is 10.1. The maximum absolute atomic E-state index is 12.0. The molecule has 0 bridgehead atoms. The summed E-state index contributed by atoms with van der Waals surface area (Å²) in [5.41, 5.74) is 7.85. The maximum Gasteiger partial charge on any atom is 0.267 e. The highest BCUT2D eigenvalue weighted by molar-refractivity contribution is 7.80. The number of hydrogen-bond donors (Lipinski definition) is 2. The van der Waals surface area contributed by atoms with Crippen LogP contribution >= 0.6 is 35.2 Å². The normalized spacial score (nSPS) is 10.2. The highest BCUT2D eigenvalue weighted by Crippen LogP contribution is 2.27. The summed E-state index contributed by atoms with van der Waals surface area (Å²) in [4.78, 5) is 12.9. The molecule has 0 aliphatic rings. The number of hydrogen-bond acceptors (Lipinski definition) is 3. The van der Waals surface area contributed by atoms with E-state index < -0.39 is 0 Å². The van der Waals surface area contributed by atoms with E-state index in [0.717, 1.165) is 11.1 Å². The smallest absolute Gasteiger partial charge is 0.267 e. The van der Waals surface area contributed by atoms with E-state index in [0.29, 0.717) is 20.6 Å². The Balaban J connectivity index is 2.15. The van der Waals surface area contributed by atoms with Gasteiger partial charge in [0, 0.05) is 11.3 Å². The summed E-state index contributed by atoms with van der Waals surface area (Å²) in [7, 11) is 0. The van der Waals surface area contributed by atoms with Crippen molar-refractivity contribution in [1.82, 2.24) is 0 Å². The average Bonchev–Trinajstić information content (AvgIpc) is 2.70. The molecule has 1 heterocycles. The molecule has 0 radical (unpaired) electrons. The molecule has 0 saturated carbocycles. The first kappa shape index (κ1) is 14.0. The molecular weight excluding hydrogens is 300 g/mol. The summed E-state index contributed by atoms with van der Waals surface area (Å²) in [6.45, 7) is 1.87. The monoisotopic (exact) mass is 310 g/mol. The standard InChI is InChI=1S/C13H11ClN2OS2/c1-7-6-19-11(10(7)14)13(17)16-9-4-2-8(3-5-9)12(15)18/h2-6H,1H3,(H2,15,18)(H,16,17). The second-order valence-corrected chi connectivity index (χ2v) is 5.65. The van der Waals surface area contributed by atoms with Crippen LogP contribution in [0.4, 0.5) is 5.69 Å². The summed E-state index contributed by atoms with van der Waals surface area (Å²) in [5, 5.41) is 5.14. The zero-order chi connectivity index (χ0) is 14.0. The van der Waals surface area contributed by atoms with Gasteiger partial charge in [-0.05, 0) is 42.1 Å². The fourth-order valence-corrected chi connectivity index (χ4v) is 2.80. The van der Waals surface area contributed by atoms with Crippen LogP contribution < -0.4 is 11.1 Å². The Morgan fingerprint density at radius 3 is 2.47 bits per heavy atom. The van der Waals surface area contributed by atoms with E-state index in [-0.39, 0.29) is 5.91 Å². The summed E-state index contributed by atoms with van der Waals surface area (Å²) in [6.07, 6.45) is 0. The number of carbonyl (C=O) groups is 1. The number of thiophene rings is 1. The minimum absolute atomic E-state index is 0.217. The van der Waals surface area contributed by atoms with E-state index in [1.807, 2.05) is 12.3 Å². The van der Waals surface area contributed by atoms with Crippen molar-refractivity contribution < 1.29 is 4.79 Å². The average molecular weight is 311 g/mol. The van der Waals surface area contributed by atoms with Crippen LogP contribution in [-0.2, 0) is 0 Å². The third-order valence-electron chi connectivity index (χ3n) is 2.53. The lowest BCUT2D eigenvalue weighted by atomic mass is 10.2. The summed E-state index contributed by atoms with van der Waals surface area (Å²) < 4.78 is 0. The van der Waals surface area contributed by atoms with Crippen molar-refractivity contribution in [1.29, 1.82) is 0 Å². The molecule has 6 heteroatoms. The molecular formula is C13H11ClN2OS2. The second kappa shape index (κ2) is 5.69. The van der Waals surface area contributed by atoms with Crippen LogP contribution in [0, 0.1) is 6.92 Å². The van der Waals surface area contributed by atoms with E-state index in [4.69, 9.17) is 29.6 Å². The molecule has 0 aliphatic carbocycles. The topological polar surface area (TPSA) is 55.1 Å². The molecule has 3 nitrogen and oxygen atoms in total. The molecule has 2 rings (SSSR count). The predicted molar refractivity (Wildman–Crippen MR) is 84.3 cm³/mol. The van der Waals surface area contributed by atoms with Gasteiger partial charge in [0.15, 0.2) is 0 Å². The highest BCUT2D eigenvalue weighted by Gasteiger charge is 2.14. The van der Waals surface area contributed by atoms with Crippen LogP contribution in [0.2, 0.25) is 5.02 Å². The van der Waals surface area contributed by atoms with Crippen molar-refractivity contribution in [2.45, 2.75) is 6.92 Å². The molecule has 0 unspecified atom stereocenters. The number of nitrogens with two attached hydrogens (primary N) is 1. The third kappa shape index (κ3) is 3.12. The lowest BCUT2D eigenvalue weighted by molar-refractivity contribution is 0.103. The van der Waals surface area contributed by atoms with Gasteiger partial charge >= 0.3 is 0 Å². The lowest BCUT2D eigenvalue weighted by Gasteiger charge is -2.05. The van der Waals surface area contributed by atoms with Crippen molar-refractivity contribution in [3.8, 4) is 0 Å². The Bertz CT molecular complexity index is 635. The molecule has 3 N–H and O–H groups in total. The molecule has 98 valence electrons. The maximum atomic E-state index is 12.0. The molecule has 1 aromatic heterocycles. The molecule has 19 heavy (non-hydrogen) atoms. The number of anilines is 1. The van der Waals surface area contributed by atoms with Gasteiger partial charge in [-0.3, -0.25) is 4.79 Å². The van der Waals surface area contributed by atoms with E-state index in [9.17, 15) is 4.79 Å². The SMILES string of the molecule is Cc1csc(C(=O)Nc2ccc(C(N)=S)cc2)c1Cl. The molecule has 0 atom stereocenters. The number of rotatable bonds is 3. The van der Waals surface area contributed by atoms with Crippen LogP contribution in [-0.4, -0.2) is 10.9 Å². The van der Waals surface area contributed by atoms with Crippen molar-refractivity contribution in [3.05, 3.63) is 50.7 Å². The minimum atomic E-state index is -0.217. The number of halogens is 1. The van der Waals surface area contributed by atoms with Gasteiger partial charge in [-0.25, -0.2) is 0 Å². The van der Waals surface area contributed by atoms with Gasteiger partial charge < -0.3 is 11.1 Å². The van der Waals surface area contributed by atoms with E-state index >= 15 is 0 Å². The number of carbonyl (C=O) groups excluding carboxylic acids is 1. The third-order valence-corrected chi connectivity index (χ3v) is 4.46. The number of nitrogens with one attached hydrogen (secondary N) is 1. The van der Waals surface area contributed by atoms with Crippen LogP contribution in [0.15, 0.2) is 29.6 Å². The Kier molecular flexibility index (Phi) is 4.19. The highest BCUT2D eigenvalue weighted by atomic mass is 35.5. The number of thiocarbonyl (C=S) groups is 1. The first-order valence-corrected chi connectivity index (χ1v) is 7.10. The summed E-state index contributed by atoms with van der Waals surface area (Å²) in [6, 6.07) is 7.03. The van der Waals surface area contributed by atoms with Crippen LogP contribution in [0.5, 0.6) is 0 Å². The summed E-state index contributed by atoms with van der Waals surface area (Å²) >= 11 is 12.2. The van der Waals surface area contributed by atoms with Gasteiger partial charge in [0.05, 0.1) is 5.02 Å². The molecule has 1 aromatic carbocycles.